The maximum Gasteiger partial charge on any atom is 0.251 e. The van der Waals surface area contributed by atoms with E-state index in [1.54, 1.807) is 49.6 Å². The third-order valence-electron chi connectivity index (χ3n) is 3.67. The second-order valence-corrected chi connectivity index (χ2v) is 5.31. The van der Waals surface area contributed by atoms with Gasteiger partial charge in [0.15, 0.2) is 11.5 Å². The van der Waals surface area contributed by atoms with E-state index in [0.29, 0.717) is 41.5 Å². The molecule has 2 N–H and O–H groups in total. The highest BCUT2D eigenvalue weighted by atomic mass is 16.5. The van der Waals surface area contributed by atoms with Crippen LogP contribution in [0.3, 0.4) is 0 Å². The summed E-state index contributed by atoms with van der Waals surface area (Å²) in [6.45, 7) is 0.595. The predicted octanol–water partition coefficient (Wildman–Crippen LogP) is 1.87. The lowest BCUT2D eigenvalue weighted by molar-refractivity contribution is 0.0927. The van der Waals surface area contributed by atoms with E-state index in [0.717, 1.165) is 0 Å². The summed E-state index contributed by atoms with van der Waals surface area (Å²) in [7, 11) is 4.58. The maximum absolute atomic E-state index is 12.2. The highest BCUT2D eigenvalue weighted by Gasteiger charge is 2.11. The summed E-state index contributed by atoms with van der Waals surface area (Å²) in [6.07, 6.45) is 0. The molecule has 2 rings (SSSR count). The van der Waals surface area contributed by atoms with Crippen molar-refractivity contribution >= 4 is 11.8 Å². The molecule has 138 valence electrons. The molecule has 0 aliphatic carbocycles. The summed E-state index contributed by atoms with van der Waals surface area (Å²) in [5.41, 5.74) is 0.942. The molecule has 0 atom stereocenters. The third kappa shape index (κ3) is 4.89. The normalized spacial score (nSPS) is 9.96. The van der Waals surface area contributed by atoms with E-state index in [1.807, 2.05) is 0 Å². The predicted molar refractivity (Wildman–Crippen MR) is 97.2 cm³/mol. The molecule has 0 aliphatic rings. The van der Waals surface area contributed by atoms with E-state index in [9.17, 15) is 9.59 Å². The van der Waals surface area contributed by atoms with Gasteiger partial charge in [0.05, 0.1) is 21.3 Å². The standard InChI is InChI=1S/C19H22N2O5/c1-24-15-6-4-5-13(11-15)18(22)20-9-10-21-19(23)14-7-8-16(25-2)17(12-14)26-3/h4-8,11-12H,9-10H2,1-3H3,(H,20,22)(H,21,23). The minimum absolute atomic E-state index is 0.232. The average Bonchev–Trinajstić information content (AvgIpc) is 2.70. The van der Waals surface area contributed by atoms with Gasteiger partial charge in [-0.15, -0.1) is 0 Å². The van der Waals surface area contributed by atoms with Crippen LogP contribution >= 0.6 is 0 Å². The molecule has 7 nitrogen and oxygen atoms in total. The van der Waals surface area contributed by atoms with E-state index in [1.165, 1.54) is 14.2 Å². The lowest BCUT2D eigenvalue weighted by atomic mass is 10.2. The summed E-state index contributed by atoms with van der Waals surface area (Å²) >= 11 is 0. The van der Waals surface area contributed by atoms with Crippen LogP contribution in [0.1, 0.15) is 20.7 Å². The van der Waals surface area contributed by atoms with Crippen LogP contribution in [0.4, 0.5) is 0 Å². The van der Waals surface area contributed by atoms with Crippen molar-refractivity contribution in [3.05, 3.63) is 53.6 Å². The number of hydrogen-bond acceptors (Lipinski definition) is 5. The molecule has 0 radical (unpaired) electrons. The van der Waals surface area contributed by atoms with Crippen molar-refractivity contribution in [1.29, 1.82) is 0 Å². The first kappa shape index (κ1) is 19.1. The number of carbonyl (C=O) groups is 2. The first-order valence-corrected chi connectivity index (χ1v) is 8.01. The van der Waals surface area contributed by atoms with Crippen LogP contribution in [0.2, 0.25) is 0 Å². The fourth-order valence-corrected chi connectivity index (χ4v) is 2.30. The monoisotopic (exact) mass is 358 g/mol. The Balaban J connectivity index is 1.83. The van der Waals surface area contributed by atoms with Gasteiger partial charge in [0.2, 0.25) is 0 Å². The van der Waals surface area contributed by atoms with Crippen LogP contribution in [-0.4, -0.2) is 46.2 Å². The smallest absolute Gasteiger partial charge is 0.251 e. The van der Waals surface area contributed by atoms with Gasteiger partial charge in [-0.2, -0.15) is 0 Å². The topological polar surface area (TPSA) is 85.9 Å². The Morgan fingerprint density at radius 2 is 1.38 bits per heavy atom. The first-order valence-electron chi connectivity index (χ1n) is 8.01. The number of carbonyl (C=O) groups excluding carboxylic acids is 2. The highest BCUT2D eigenvalue weighted by Crippen LogP contribution is 2.27. The quantitative estimate of drug-likeness (QED) is 0.704. The van der Waals surface area contributed by atoms with Crippen molar-refractivity contribution in [2.24, 2.45) is 0 Å². The zero-order chi connectivity index (χ0) is 18.9. The number of nitrogens with one attached hydrogen (secondary N) is 2. The van der Waals surface area contributed by atoms with Crippen LogP contribution in [0.5, 0.6) is 17.2 Å². The molecule has 0 saturated heterocycles. The fourth-order valence-electron chi connectivity index (χ4n) is 2.30. The SMILES string of the molecule is COc1cccc(C(=O)NCCNC(=O)c2ccc(OC)c(OC)c2)c1. The number of ether oxygens (including phenoxy) is 3. The molecular formula is C19H22N2O5. The third-order valence-corrected chi connectivity index (χ3v) is 3.67. The molecule has 26 heavy (non-hydrogen) atoms. The van der Waals surface area contributed by atoms with Crippen LogP contribution in [0.25, 0.3) is 0 Å². The molecule has 0 saturated carbocycles. The zero-order valence-corrected chi connectivity index (χ0v) is 15.0. The second kappa shape index (κ2) is 9.31. The summed E-state index contributed by atoms with van der Waals surface area (Å²) < 4.78 is 15.4. The van der Waals surface area contributed by atoms with Crippen LogP contribution in [0.15, 0.2) is 42.5 Å². The molecule has 7 heteroatoms. The number of hydrogen-bond donors (Lipinski definition) is 2. The largest absolute Gasteiger partial charge is 0.497 e. The average molecular weight is 358 g/mol. The summed E-state index contributed by atoms with van der Waals surface area (Å²) in [4.78, 5) is 24.2. The van der Waals surface area contributed by atoms with Gasteiger partial charge >= 0.3 is 0 Å². The minimum atomic E-state index is -0.262. The lowest BCUT2D eigenvalue weighted by Gasteiger charge is -2.10. The van der Waals surface area contributed by atoms with Gasteiger partial charge in [0.1, 0.15) is 5.75 Å². The van der Waals surface area contributed by atoms with Gasteiger partial charge in [0.25, 0.3) is 11.8 Å². The van der Waals surface area contributed by atoms with E-state index >= 15 is 0 Å². The Morgan fingerprint density at radius 1 is 0.769 bits per heavy atom. The fraction of sp³-hybridized carbons (Fsp3) is 0.263. The summed E-state index contributed by atoms with van der Waals surface area (Å²) in [5.74, 6) is 1.14. The number of rotatable bonds is 8. The van der Waals surface area contributed by atoms with E-state index < -0.39 is 0 Å². The molecule has 2 amide bonds. The van der Waals surface area contributed by atoms with Gasteiger partial charge in [-0.3, -0.25) is 9.59 Å². The van der Waals surface area contributed by atoms with E-state index in [-0.39, 0.29) is 11.8 Å². The van der Waals surface area contributed by atoms with Crippen LogP contribution in [0, 0.1) is 0 Å². The number of amides is 2. The van der Waals surface area contributed by atoms with Gasteiger partial charge in [-0.05, 0) is 36.4 Å². The molecule has 0 aromatic heterocycles. The van der Waals surface area contributed by atoms with Gasteiger partial charge in [0, 0.05) is 24.2 Å². The van der Waals surface area contributed by atoms with Crippen LogP contribution in [-0.2, 0) is 0 Å². The second-order valence-electron chi connectivity index (χ2n) is 5.31. The maximum atomic E-state index is 12.2. The molecule has 0 heterocycles. The van der Waals surface area contributed by atoms with Crippen molar-refractivity contribution in [2.45, 2.75) is 0 Å². The van der Waals surface area contributed by atoms with Crippen molar-refractivity contribution in [3.8, 4) is 17.2 Å². The summed E-state index contributed by atoms with van der Waals surface area (Å²) in [6, 6.07) is 11.8. The number of methoxy groups -OCH3 is 3. The molecular weight excluding hydrogens is 336 g/mol. The Bertz CT molecular complexity index is 776. The Kier molecular flexibility index (Phi) is 6.84. The Morgan fingerprint density at radius 3 is 1.96 bits per heavy atom. The van der Waals surface area contributed by atoms with Crippen molar-refractivity contribution in [1.82, 2.24) is 10.6 Å². The molecule has 2 aromatic carbocycles. The van der Waals surface area contributed by atoms with Crippen molar-refractivity contribution in [2.75, 3.05) is 34.4 Å². The zero-order valence-electron chi connectivity index (χ0n) is 15.0. The lowest BCUT2D eigenvalue weighted by Crippen LogP contribution is -2.34. The molecule has 0 fully saturated rings. The van der Waals surface area contributed by atoms with Gasteiger partial charge in [-0.1, -0.05) is 6.07 Å². The molecule has 0 unspecified atom stereocenters. The molecule has 0 spiro atoms. The first-order chi connectivity index (χ1) is 12.6. The highest BCUT2D eigenvalue weighted by molar-refractivity contribution is 5.95. The molecule has 0 bridgehead atoms. The minimum Gasteiger partial charge on any atom is -0.497 e. The van der Waals surface area contributed by atoms with Crippen molar-refractivity contribution in [3.63, 3.8) is 0 Å². The molecule has 2 aromatic rings. The van der Waals surface area contributed by atoms with Crippen molar-refractivity contribution < 1.29 is 23.8 Å². The summed E-state index contributed by atoms with van der Waals surface area (Å²) in [5, 5.41) is 5.49. The van der Waals surface area contributed by atoms with Gasteiger partial charge < -0.3 is 24.8 Å². The van der Waals surface area contributed by atoms with E-state index in [4.69, 9.17) is 14.2 Å². The van der Waals surface area contributed by atoms with Crippen LogP contribution < -0.4 is 24.8 Å². The van der Waals surface area contributed by atoms with Gasteiger partial charge in [-0.25, -0.2) is 0 Å². The number of benzene rings is 2. The Labute approximate surface area is 152 Å². The molecule has 0 aliphatic heterocycles. The Hall–Kier alpha value is -3.22. The van der Waals surface area contributed by atoms with E-state index in [2.05, 4.69) is 10.6 Å².